The average molecular weight is 575 g/mol. The van der Waals surface area contributed by atoms with E-state index in [0.717, 1.165) is 16.8 Å². The van der Waals surface area contributed by atoms with Crippen molar-refractivity contribution in [3.8, 4) is 17.2 Å². The van der Waals surface area contributed by atoms with Gasteiger partial charge in [0.2, 0.25) is 5.89 Å². The Hall–Kier alpha value is -5.50. The van der Waals surface area contributed by atoms with E-state index in [1.54, 1.807) is 55.5 Å². The van der Waals surface area contributed by atoms with Gasteiger partial charge in [-0.25, -0.2) is 9.78 Å². The molecular weight excluding hydrogens is 544 g/mol. The zero-order valence-electron chi connectivity index (χ0n) is 23.9. The van der Waals surface area contributed by atoms with Gasteiger partial charge in [-0.3, -0.25) is 4.79 Å². The summed E-state index contributed by atoms with van der Waals surface area (Å²) in [6, 6.07) is 32.7. The van der Waals surface area contributed by atoms with Crippen molar-refractivity contribution in [1.29, 1.82) is 0 Å². The van der Waals surface area contributed by atoms with Gasteiger partial charge in [0.25, 0.3) is 0 Å². The largest absolute Gasteiger partial charge is 0.487 e. The lowest BCUT2D eigenvalue weighted by Crippen LogP contribution is -2.20. The van der Waals surface area contributed by atoms with Crippen molar-refractivity contribution < 1.29 is 28.3 Å². The molecule has 0 N–H and O–H groups in total. The Morgan fingerprint density at radius 3 is 2.19 bits per heavy atom. The lowest BCUT2D eigenvalue weighted by atomic mass is 10.00. The Balaban J connectivity index is 1.23. The molecule has 5 rings (SSSR count). The van der Waals surface area contributed by atoms with Crippen molar-refractivity contribution in [1.82, 2.24) is 4.98 Å². The van der Waals surface area contributed by atoms with Crippen LogP contribution in [0.5, 0.6) is 5.75 Å². The quantitative estimate of drug-likeness (QED) is 0.0688. The summed E-state index contributed by atoms with van der Waals surface area (Å²) in [5.74, 6) is 1.11. The maximum absolute atomic E-state index is 12.9. The number of esters is 1. The van der Waals surface area contributed by atoms with E-state index in [-0.39, 0.29) is 31.3 Å². The highest BCUT2D eigenvalue weighted by atomic mass is 16.6. The number of benzene rings is 4. The van der Waals surface area contributed by atoms with Gasteiger partial charge in [0.1, 0.15) is 30.4 Å². The number of carbonyl (C=O) groups is 2. The molecule has 5 aromatic rings. The third kappa shape index (κ3) is 7.42. The molecule has 0 aliphatic heterocycles. The molecule has 0 unspecified atom stereocenters. The highest BCUT2D eigenvalue weighted by molar-refractivity contribution is 6.43. The summed E-state index contributed by atoms with van der Waals surface area (Å²) in [5.41, 5.74) is 3.81. The van der Waals surface area contributed by atoms with Gasteiger partial charge in [0.05, 0.1) is 6.61 Å². The Labute approximate surface area is 249 Å². The van der Waals surface area contributed by atoms with Gasteiger partial charge in [-0.2, -0.15) is 0 Å². The van der Waals surface area contributed by atoms with Gasteiger partial charge in [-0.1, -0.05) is 84.0 Å². The van der Waals surface area contributed by atoms with Crippen LogP contribution in [0.15, 0.2) is 119 Å². The molecule has 0 spiro atoms. The molecule has 8 heteroatoms. The van der Waals surface area contributed by atoms with Crippen molar-refractivity contribution in [2.45, 2.75) is 27.1 Å². The van der Waals surface area contributed by atoms with E-state index in [9.17, 15) is 9.59 Å². The van der Waals surface area contributed by atoms with Crippen molar-refractivity contribution in [3.63, 3.8) is 0 Å². The van der Waals surface area contributed by atoms with Crippen LogP contribution in [0, 0.1) is 6.92 Å². The molecule has 0 fully saturated rings. The second-order valence-corrected chi connectivity index (χ2v) is 9.53. The van der Waals surface area contributed by atoms with E-state index in [1.807, 2.05) is 67.6 Å². The maximum Gasteiger partial charge on any atom is 0.361 e. The smallest absolute Gasteiger partial charge is 0.361 e. The summed E-state index contributed by atoms with van der Waals surface area (Å²) in [5, 5.41) is 4.10. The number of aromatic nitrogens is 1. The summed E-state index contributed by atoms with van der Waals surface area (Å²) < 4.78 is 16.9. The van der Waals surface area contributed by atoms with E-state index in [4.69, 9.17) is 18.7 Å². The number of oxime groups is 1. The van der Waals surface area contributed by atoms with E-state index < -0.39 is 5.97 Å². The normalized spacial score (nSPS) is 11.2. The lowest BCUT2D eigenvalue weighted by molar-refractivity contribution is -0.135. The molecule has 0 bridgehead atoms. The Morgan fingerprint density at radius 1 is 0.791 bits per heavy atom. The van der Waals surface area contributed by atoms with Gasteiger partial charge in [0.15, 0.2) is 11.5 Å². The molecule has 0 aliphatic rings. The lowest BCUT2D eigenvalue weighted by Gasteiger charge is -2.09. The number of ether oxygens (including phenoxy) is 2. The summed E-state index contributed by atoms with van der Waals surface area (Å²) in [4.78, 5) is 35.8. The van der Waals surface area contributed by atoms with E-state index >= 15 is 0 Å². The van der Waals surface area contributed by atoms with Gasteiger partial charge in [-0.15, -0.1) is 0 Å². The molecule has 0 atom stereocenters. The Morgan fingerprint density at radius 2 is 1.47 bits per heavy atom. The predicted octanol–water partition coefficient (Wildman–Crippen LogP) is 6.94. The highest BCUT2D eigenvalue weighted by Gasteiger charge is 2.19. The molecule has 1 heterocycles. The molecule has 8 nitrogen and oxygen atoms in total. The molecule has 0 aliphatic carbocycles. The first-order valence-electron chi connectivity index (χ1n) is 13.8. The summed E-state index contributed by atoms with van der Waals surface area (Å²) in [7, 11) is 0. The number of hydrogen-bond acceptors (Lipinski definition) is 8. The first-order valence-corrected chi connectivity index (χ1v) is 13.8. The van der Waals surface area contributed by atoms with Gasteiger partial charge >= 0.3 is 5.97 Å². The summed E-state index contributed by atoms with van der Waals surface area (Å²) in [6.07, 6.45) is 0. The first-order chi connectivity index (χ1) is 21.0. The summed E-state index contributed by atoms with van der Waals surface area (Å²) >= 11 is 0. The highest BCUT2D eigenvalue weighted by Crippen LogP contribution is 2.23. The van der Waals surface area contributed by atoms with Crippen LogP contribution >= 0.6 is 0 Å². The minimum atomic E-state index is -0.644. The predicted molar refractivity (Wildman–Crippen MR) is 162 cm³/mol. The number of aryl methyl sites for hydroxylation is 1. The SMILES string of the molecule is CCOC(=O)C(=NOCc1ccc(OCc2nc(-c3ccccc3)oc2C)cc1)c1cccc(C(=O)c2ccccc2)c1. The van der Waals surface area contributed by atoms with Crippen LogP contribution in [-0.4, -0.2) is 29.1 Å². The molecule has 0 amide bonds. The van der Waals surface area contributed by atoms with Crippen LogP contribution in [-0.2, 0) is 27.6 Å². The topological polar surface area (TPSA) is 100 Å². The molecule has 1 aromatic heterocycles. The molecule has 0 radical (unpaired) electrons. The number of rotatable bonds is 12. The average Bonchev–Trinajstić information content (AvgIpc) is 3.43. The number of hydrogen-bond donors (Lipinski definition) is 0. The fraction of sp³-hybridized carbons (Fsp3) is 0.143. The Kier molecular flexibility index (Phi) is 9.39. The van der Waals surface area contributed by atoms with Gasteiger partial charge < -0.3 is 18.7 Å². The fourth-order valence-corrected chi connectivity index (χ4v) is 4.24. The van der Waals surface area contributed by atoms with Crippen LogP contribution in [0.4, 0.5) is 0 Å². The van der Waals surface area contributed by atoms with Crippen molar-refractivity contribution in [3.05, 3.63) is 143 Å². The number of carbonyl (C=O) groups excluding carboxylic acids is 2. The third-order valence-electron chi connectivity index (χ3n) is 6.50. The summed E-state index contributed by atoms with van der Waals surface area (Å²) in [6.45, 7) is 4.11. The monoisotopic (exact) mass is 574 g/mol. The molecule has 43 heavy (non-hydrogen) atoms. The second-order valence-electron chi connectivity index (χ2n) is 9.53. The van der Waals surface area contributed by atoms with Crippen LogP contribution in [0.2, 0.25) is 0 Å². The Bertz CT molecular complexity index is 1710. The number of oxazole rings is 1. The van der Waals surface area contributed by atoms with Crippen LogP contribution in [0.1, 0.15) is 45.4 Å². The van der Waals surface area contributed by atoms with E-state index in [0.29, 0.717) is 34.1 Å². The minimum absolute atomic E-state index is 0.0256. The molecular formula is C35H30N2O6. The van der Waals surface area contributed by atoms with Crippen molar-refractivity contribution in [2.75, 3.05) is 6.61 Å². The van der Waals surface area contributed by atoms with Gasteiger partial charge in [0, 0.05) is 22.3 Å². The van der Waals surface area contributed by atoms with Crippen molar-refractivity contribution >= 4 is 17.5 Å². The first kappa shape index (κ1) is 29.0. The second kappa shape index (κ2) is 13.9. The number of nitrogens with zero attached hydrogens (tertiary/aromatic N) is 2. The number of ketones is 1. The van der Waals surface area contributed by atoms with E-state index in [2.05, 4.69) is 10.1 Å². The zero-order valence-corrected chi connectivity index (χ0v) is 23.9. The van der Waals surface area contributed by atoms with Crippen LogP contribution in [0.25, 0.3) is 11.5 Å². The van der Waals surface area contributed by atoms with Crippen LogP contribution in [0.3, 0.4) is 0 Å². The molecule has 216 valence electrons. The zero-order chi connectivity index (χ0) is 30.0. The standard InChI is InChI=1S/C35H30N2O6/c1-3-40-35(39)32(28-15-10-16-29(21-28)33(38)26-11-6-4-7-12-26)37-42-22-25-17-19-30(20-18-25)41-23-31-24(2)43-34(36-31)27-13-8-5-9-14-27/h4-21H,3,22-23H2,1-2H3. The van der Waals surface area contributed by atoms with E-state index in [1.165, 1.54) is 0 Å². The molecule has 0 saturated carbocycles. The fourth-order valence-electron chi connectivity index (χ4n) is 4.24. The van der Waals surface area contributed by atoms with Crippen LogP contribution < -0.4 is 4.74 Å². The maximum atomic E-state index is 12.9. The molecule has 0 saturated heterocycles. The minimum Gasteiger partial charge on any atom is -0.487 e. The third-order valence-corrected chi connectivity index (χ3v) is 6.50. The molecule has 4 aromatic carbocycles. The van der Waals surface area contributed by atoms with Gasteiger partial charge in [-0.05, 0) is 49.7 Å². The van der Waals surface area contributed by atoms with Crippen molar-refractivity contribution in [2.24, 2.45) is 5.16 Å².